The molecule has 0 aromatic heterocycles. The van der Waals surface area contributed by atoms with E-state index in [4.69, 9.17) is 12.2 Å². The molecule has 0 heterocycles. The molecule has 3 N–H and O–H groups in total. The Balaban J connectivity index is 2.70. The molecule has 0 aliphatic carbocycles. The second kappa shape index (κ2) is 7.06. The number of nitrogens with zero attached hydrogens (tertiary/aromatic N) is 1. The van der Waals surface area contributed by atoms with Crippen molar-refractivity contribution in [2.75, 3.05) is 0 Å². The number of aromatic hydroxyl groups is 1. The summed E-state index contributed by atoms with van der Waals surface area (Å²) in [5.41, 5.74) is 3.26. The highest BCUT2D eigenvalue weighted by Crippen LogP contribution is 2.30. The topological polar surface area (TPSA) is 56.7 Å². The maximum absolute atomic E-state index is 9.80. The Morgan fingerprint density at radius 3 is 2.72 bits per heavy atom. The van der Waals surface area contributed by atoms with Crippen molar-refractivity contribution in [3.8, 4) is 5.75 Å². The van der Waals surface area contributed by atoms with Gasteiger partial charge in [-0.25, -0.2) is 0 Å². The second-order valence-corrected chi connectivity index (χ2v) is 6.00. The summed E-state index contributed by atoms with van der Waals surface area (Å²) in [6, 6.07) is 3.75. The predicted octanol–water partition coefficient (Wildman–Crippen LogP) is 3.12. The van der Waals surface area contributed by atoms with Gasteiger partial charge in [0.2, 0.25) is 0 Å². The van der Waals surface area contributed by atoms with Crippen LogP contribution in [0.3, 0.4) is 0 Å². The first-order valence-corrected chi connectivity index (χ1v) is 7.17. The van der Waals surface area contributed by atoms with Gasteiger partial charge in [-0.3, -0.25) is 5.43 Å². The van der Waals surface area contributed by atoms with Crippen LogP contribution in [-0.2, 0) is 0 Å². The van der Waals surface area contributed by atoms with E-state index in [1.165, 1.54) is 6.21 Å². The summed E-state index contributed by atoms with van der Waals surface area (Å²) in [4.78, 5) is 0. The standard InChI is InChI=1S/C11H13Br2N3OS/c1-6(2)15-11(18)16-14-5-7-3-8(12)4-9(13)10(7)17/h3-6,17H,1-2H3,(H2,15,16,18). The largest absolute Gasteiger partial charge is 0.506 e. The van der Waals surface area contributed by atoms with Gasteiger partial charge < -0.3 is 10.4 Å². The fourth-order valence-corrected chi connectivity index (χ4v) is 2.69. The Morgan fingerprint density at radius 2 is 2.11 bits per heavy atom. The summed E-state index contributed by atoms with van der Waals surface area (Å²) in [7, 11) is 0. The minimum absolute atomic E-state index is 0.131. The molecule has 1 rings (SSSR count). The van der Waals surface area contributed by atoms with Crippen molar-refractivity contribution in [2.45, 2.75) is 19.9 Å². The van der Waals surface area contributed by atoms with Crippen molar-refractivity contribution in [3.05, 3.63) is 26.6 Å². The summed E-state index contributed by atoms with van der Waals surface area (Å²) in [5, 5.41) is 17.2. The Bertz CT molecular complexity index is 478. The van der Waals surface area contributed by atoms with Gasteiger partial charge in [-0.15, -0.1) is 0 Å². The summed E-state index contributed by atoms with van der Waals surface area (Å²) in [5.74, 6) is 0.131. The van der Waals surface area contributed by atoms with E-state index in [1.54, 1.807) is 12.1 Å². The smallest absolute Gasteiger partial charge is 0.187 e. The molecular formula is C11H13Br2N3OS. The third-order valence-electron chi connectivity index (χ3n) is 1.85. The number of benzene rings is 1. The van der Waals surface area contributed by atoms with Crippen molar-refractivity contribution in [3.63, 3.8) is 0 Å². The van der Waals surface area contributed by atoms with Crippen molar-refractivity contribution < 1.29 is 5.11 Å². The van der Waals surface area contributed by atoms with Crippen LogP contribution < -0.4 is 10.7 Å². The van der Waals surface area contributed by atoms with Crippen LogP contribution in [0.4, 0.5) is 0 Å². The first kappa shape index (κ1) is 15.4. The molecule has 0 aliphatic rings. The molecule has 0 saturated heterocycles. The highest BCUT2D eigenvalue weighted by Gasteiger charge is 2.05. The number of thiocarbonyl (C=S) groups is 1. The van der Waals surface area contributed by atoms with Crippen molar-refractivity contribution in [1.29, 1.82) is 0 Å². The number of hydrogen-bond acceptors (Lipinski definition) is 3. The van der Waals surface area contributed by atoms with Gasteiger partial charge in [-0.05, 0) is 54.1 Å². The van der Waals surface area contributed by atoms with Crippen molar-refractivity contribution >= 4 is 55.4 Å². The van der Waals surface area contributed by atoms with E-state index < -0.39 is 0 Å². The van der Waals surface area contributed by atoms with Gasteiger partial charge >= 0.3 is 0 Å². The highest BCUT2D eigenvalue weighted by atomic mass is 79.9. The van der Waals surface area contributed by atoms with Crippen molar-refractivity contribution in [1.82, 2.24) is 10.7 Å². The molecule has 0 aliphatic heterocycles. The van der Waals surface area contributed by atoms with Gasteiger partial charge in [0.05, 0.1) is 10.7 Å². The zero-order valence-corrected chi connectivity index (χ0v) is 13.9. The number of hydrogen-bond donors (Lipinski definition) is 3. The lowest BCUT2D eigenvalue weighted by Gasteiger charge is -2.09. The van der Waals surface area contributed by atoms with E-state index in [-0.39, 0.29) is 11.8 Å². The second-order valence-electron chi connectivity index (χ2n) is 3.82. The third kappa shape index (κ3) is 4.91. The van der Waals surface area contributed by atoms with E-state index in [1.807, 2.05) is 13.8 Å². The number of nitrogens with one attached hydrogen (secondary N) is 2. The minimum atomic E-state index is 0.131. The molecule has 7 heteroatoms. The molecule has 0 radical (unpaired) electrons. The molecule has 18 heavy (non-hydrogen) atoms. The molecule has 98 valence electrons. The fourth-order valence-electron chi connectivity index (χ4n) is 1.14. The lowest BCUT2D eigenvalue weighted by Crippen LogP contribution is -2.36. The Morgan fingerprint density at radius 1 is 1.44 bits per heavy atom. The minimum Gasteiger partial charge on any atom is -0.506 e. The van der Waals surface area contributed by atoms with Crippen LogP contribution in [-0.4, -0.2) is 22.5 Å². The summed E-state index contributed by atoms with van der Waals surface area (Å²) in [6.07, 6.45) is 1.50. The molecule has 0 bridgehead atoms. The van der Waals surface area contributed by atoms with Gasteiger partial charge in [-0.2, -0.15) is 5.10 Å². The summed E-state index contributed by atoms with van der Waals surface area (Å²) in [6.45, 7) is 3.96. The Kier molecular flexibility index (Phi) is 6.04. The molecule has 4 nitrogen and oxygen atoms in total. The number of rotatable bonds is 3. The zero-order chi connectivity index (χ0) is 13.7. The maximum Gasteiger partial charge on any atom is 0.187 e. The average molecular weight is 395 g/mol. The van der Waals surface area contributed by atoms with Gasteiger partial charge in [0.25, 0.3) is 0 Å². The van der Waals surface area contributed by atoms with Crippen LogP contribution in [0.5, 0.6) is 5.75 Å². The molecular weight excluding hydrogens is 382 g/mol. The summed E-state index contributed by atoms with van der Waals surface area (Å²) < 4.78 is 1.44. The third-order valence-corrected chi connectivity index (χ3v) is 3.12. The number of phenolic OH excluding ortho intramolecular Hbond substituents is 1. The fraction of sp³-hybridized carbons (Fsp3) is 0.273. The van der Waals surface area contributed by atoms with E-state index in [0.29, 0.717) is 15.1 Å². The van der Waals surface area contributed by atoms with E-state index >= 15 is 0 Å². The first-order chi connectivity index (χ1) is 8.40. The SMILES string of the molecule is CC(C)NC(=S)NN=Cc1cc(Br)cc(Br)c1O. The molecule has 1 aromatic carbocycles. The lowest BCUT2D eigenvalue weighted by molar-refractivity contribution is 0.471. The Hall–Kier alpha value is -0.660. The molecule has 1 aromatic rings. The first-order valence-electron chi connectivity index (χ1n) is 5.17. The van der Waals surface area contributed by atoms with Gasteiger partial charge in [0.1, 0.15) is 5.75 Å². The molecule has 0 unspecified atom stereocenters. The molecule has 0 saturated carbocycles. The predicted molar refractivity (Wildman–Crippen MR) is 85.1 cm³/mol. The average Bonchev–Trinajstić information content (AvgIpc) is 2.23. The quantitative estimate of drug-likeness (QED) is 0.418. The summed E-state index contributed by atoms with van der Waals surface area (Å²) >= 11 is 11.6. The molecule has 0 atom stereocenters. The van der Waals surface area contributed by atoms with Crippen molar-refractivity contribution in [2.24, 2.45) is 5.10 Å². The van der Waals surface area contributed by atoms with Crippen LogP contribution in [0, 0.1) is 0 Å². The lowest BCUT2D eigenvalue weighted by atomic mass is 10.2. The van der Waals surface area contributed by atoms with Crippen LogP contribution in [0.2, 0.25) is 0 Å². The number of hydrazone groups is 1. The van der Waals surface area contributed by atoms with Crippen LogP contribution in [0.25, 0.3) is 0 Å². The van der Waals surface area contributed by atoms with Crippen LogP contribution >= 0.6 is 44.1 Å². The highest BCUT2D eigenvalue weighted by molar-refractivity contribution is 9.11. The number of halogens is 2. The maximum atomic E-state index is 9.80. The normalized spacial score (nSPS) is 10.9. The molecule has 0 spiro atoms. The molecule has 0 fully saturated rings. The van der Waals surface area contributed by atoms with Gasteiger partial charge in [-0.1, -0.05) is 15.9 Å². The monoisotopic (exact) mass is 393 g/mol. The van der Waals surface area contributed by atoms with Crippen LogP contribution in [0.15, 0.2) is 26.2 Å². The van der Waals surface area contributed by atoms with E-state index in [9.17, 15) is 5.11 Å². The molecule has 0 amide bonds. The van der Waals surface area contributed by atoms with Crippen LogP contribution in [0.1, 0.15) is 19.4 Å². The van der Waals surface area contributed by atoms with E-state index in [0.717, 1.165) is 4.47 Å². The van der Waals surface area contributed by atoms with E-state index in [2.05, 4.69) is 47.7 Å². The number of phenols is 1. The van der Waals surface area contributed by atoms with Gasteiger partial charge in [0.15, 0.2) is 5.11 Å². The zero-order valence-electron chi connectivity index (χ0n) is 9.87. The van der Waals surface area contributed by atoms with Gasteiger partial charge in [0, 0.05) is 16.1 Å². The Labute approximate surface area is 128 Å².